The normalized spacial score (nSPS) is 24.2. The van der Waals surface area contributed by atoms with E-state index in [9.17, 15) is 0 Å². The molecule has 1 aromatic rings. The van der Waals surface area contributed by atoms with Crippen molar-refractivity contribution in [3.63, 3.8) is 0 Å². The first-order valence-corrected chi connectivity index (χ1v) is 8.90. The SMILES string of the molecule is C[Si](C)(C)C#C[C@H]1N[C@H]1c1ccccc1. The van der Waals surface area contributed by atoms with E-state index in [1.807, 2.05) is 0 Å². The summed E-state index contributed by atoms with van der Waals surface area (Å²) in [7, 11) is -1.21. The summed E-state index contributed by atoms with van der Waals surface area (Å²) in [4.78, 5) is 0. The van der Waals surface area contributed by atoms with Gasteiger partial charge in [-0.2, -0.15) is 0 Å². The fourth-order valence-electron chi connectivity index (χ4n) is 1.51. The summed E-state index contributed by atoms with van der Waals surface area (Å²) >= 11 is 0. The molecule has 1 aliphatic rings. The Morgan fingerprint density at radius 3 is 2.40 bits per heavy atom. The molecule has 1 aliphatic heterocycles. The molecular weight excluding hydrogens is 198 g/mol. The van der Waals surface area contributed by atoms with Gasteiger partial charge in [0.05, 0.1) is 12.1 Å². The molecule has 0 radical (unpaired) electrons. The van der Waals surface area contributed by atoms with Crippen molar-refractivity contribution in [3.8, 4) is 11.5 Å². The Labute approximate surface area is 92.9 Å². The second-order valence-electron chi connectivity index (χ2n) is 5.05. The summed E-state index contributed by atoms with van der Waals surface area (Å²) < 4.78 is 0. The van der Waals surface area contributed by atoms with Gasteiger partial charge in [0.2, 0.25) is 0 Å². The van der Waals surface area contributed by atoms with Crippen molar-refractivity contribution in [2.24, 2.45) is 0 Å². The predicted molar refractivity (Wildman–Crippen MR) is 67.2 cm³/mol. The smallest absolute Gasteiger partial charge is 0.129 e. The Morgan fingerprint density at radius 2 is 1.80 bits per heavy atom. The van der Waals surface area contributed by atoms with Crippen LogP contribution in [-0.2, 0) is 0 Å². The summed E-state index contributed by atoms with van der Waals surface area (Å²) in [5.41, 5.74) is 4.76. The molecule has 1 nitrogen and oxygen atoms in total. The Morgan fingerprint density at radius 1 is 1.13 bits per heavy atom. The lowest BCUT2D eigenvalue weighted by Gasteiger charge is -2.02. The number of benzene rings is 1. The molecule has 1 aromatic carbocycles. The maximum atomic E-state index is 3.41. The average Bonchev–Trinajstić information content (AvgIpc) is 2.94. The van der Waals surface area contributed by atoms with E-state index >= 15 is 0 Å². The maximum absolute atomic E-state index is 3.41. The molecular formula is C13H17NSi. The van der Waals surface area contributed by atoms with Crippen molar-refractivity contribution in [1.82, 2.24) is 5.32 Å². The van der Waals surface area contributed by atoms with Gasteiger partial charge >= 0.3 is 0 Å². The second kappa shape index (κ2) is 3.84. The highest BCUT2D eigenvalue weighted by molar-refractivity contribution is 6.83. The third-order valence-corrected chi connectivity index (χ3v) is 3.24. The fraction of sp³-hybridized carbons (Fsp3) is 0.385. The zero-order valence-corrected chi connectivity index (χ0v) is 10.5. The van der Waals surface area contributed by atoms with Gasteiger partial charge in [-0.3, -0.25) is 5.32 Å². The first-order valence-electron chi connectivity index (χ1n) is 5.40. The van der Waals surface area contributed by atoms with Crippen molar-refractivity contribution < 1.29 is 0 Å². The molecule has 2 rings (SSSR count). The number of hydrogen-bond acceptors (Lipinski definition) is 1. The minimum Gasteiger partial charge on any atom is -0.293 e. The van der Waals surface area contributed by atoms with Gasteiger partial charge in [-0.05, 0) is 5.56 Å². The minimum atomic E-state index is -1.21. The largest absolute Gasteiger partial charge is 0.293 e. The van der Waals surface area contributed by atoms with E-state index in [1.165, 1.54) is 5.56 Å². The van der Waals surface area contributed by atoms with Crippen molar-refractivity contribution in [2.45, 2.75) is 31.7 Å². The molecule has 2 heteroatoms. The van der Waals surface area contributed by atoms with Crippen molar-refractivity contribution in [3.05, 3.63) is 35.9 Å². The lowest BCUT2D eigenvalue weighted by molar-refractivity contribution is 1.07. The van der Waals surface area contributed by atoms with Gasteiger partial charge in [0.1, 0.15) is 8.07 Å². The van der Waals surface area contributed by atoms with E-state index in [-0.39, 0.29) is 0 Å². The van der Waals surface area contributed by atoms with Gasteiger partial charge in [0, 0.05) is 0 Å². The molecule has 0 aromatic heterocycles. The topological polar surface area (TPSA) is 21.9 Å². The van der Waals surface area contributed by atoms with E-state index in [2.05, 4.69) is 66.8 Å². The van der Waals surface area contributed by atoms with E-state index in [1.54, 1.807) is 0 Å². The summed E-state index contributed by atoms with van der Waals surface area (Å²) in [6, 6.07) is 11.4. The predicted octanol–water partition coefficient (Wildman–Crippen LogP) is 2.58. The zero-order chi connectivity index (χ0) is 10.9. The number of hydrogen-bond donors (Lipinski definition) is 1. The van der Waals surface area contributed by atoms with Crippen LogP contribution in [0.4, 0.5) is 0 Å². The molecule has 0 amide bonds. The highest BCUT2D eigenvalue weighted by atomic mass is 28.3. The van der Waals surface area contributed by atoms with Crippen molar-refractivity contribution in [1.29, 1.82) is 0 Å². The standard InChI is InChI=1S/C13H17NSi/c1-15(2,3)10-9-12-13(14-12)11-7-5-4-6-8-11/h4-8,12-14H,1-3H3/t12-,13+/m1/s1. The maximum Gasteiger partial charge on any atom is 0.129 e. The second-order valence-corrected chi connectivity index (χ2v) is 9.80. The molecule has 1 N–H and O–H groups in total. The molecule has 2 atom stereocenters. The molecule has 0 saturated carbocycles. The Bertz CT molecular complexity index is 394. The van der Waals surface area contributed by atoms with Gasteiger partial charge < -0.3 is 0 Å². The minimum absolute atomic E-state index is 0.388. The molecule has 1 heterocycles. The van der Waals surface area contributed by atoms with Crippen LogP contribution in [0.15, 0.2) is 30.3 Å². The summed E-state index contributed by atoms with van der Waals surface area (Å²) in [5, 5.41) is 3.41. The van der Waals surface area contributed by atoms with Gasteiger partial charge in [0.15, 0.2) is 0 Å². The summed E-state index contributed by atoms with van der Waals surface area (Å²) in [6.45, 7) is 6.83. The van der Waals surface area contributed by atoms with Crippen LogP contribution >= 0.6 is 0 Å². The van der Waals surface area contributed by atoms with Gasteiger partial charge in [-0.15, -0.1) is 5.54 Å². The van der Waals surface area contributed by atoms with Crippen LogP contribution in [0.3, 0.4) is 0 Å². The van der Waals surface area contributed by atoms with Crippen LogP contribution in [0.5, 0.6) is 0 Å². The molecule has 0 unspecified atom stereocenters. The lowest BCUT2D eigenvalue weighted by Crippen LogP contribution is -2.16. The zero-order valence-electron chi connectivity index (χ0n) is 9.54. The van der Waals surface area contributed by atoms with Crippen LogP contribution < -0.4 is 5.32 Å². The van der Waals surface area contributed by atoms with Crippen LogP contribution in [0.2, 0.25) is 19.6 Å². The third-order valence-electron chi connectivity index (χ3n) is 2.34. The molecule has 78 valence electrons. The van der Waals surface area contributed by atoms with Crippen LogP contribution in [0.1, 0.15) is 11.6 Å². The molecule has 0 bridgehead atoms. The van der Waals surface area contributed by atoms with E-state index in [0.29, 0.717) is 12.1 Å². The van der Waals surface area contributed by atoms with Crippen molar-refractivity contribution >= 4 is 8.07 Å². The summed E-state index contributed by atoms with van der Waals surface area (Å²) in [5.74, 6) is 3.35. The summed E-state index contributed by atoms with van der Waals surface area (Å²) in [6.07, 6.45) is 0. The van der Waals surface area contributed by atoms with Crippen molar-refractivity contribution in [2.75, 3.05) is 0 Å². The number of rotatable bonds is 1. The van der Waals surface area contributed by atoms with Crippen LogP contribution in [0.25, 0.3) is 0 Å². The molecule has 0 aliphatic carbocycles. The van der Waals surface area contributed by atoms with E-state index in [0.717, 1.165) is 0 Å². The molecule has 0 spiro atoms. The monoisotopic (exact) mass is 215 g/mol. The van der Waals surface area contributed by atoms with Gasteiger partial charge in [0.25, 0.3) is 0 Å². The fourth-order valence-corrected chi connectivity index (χ4v) is 2.09. The lowest BCUT2D eigenvalue weighted by atomic mass is 10.1. The molecule has 1 saturated heterocycles. The average molecular weight is 215 g/mol. The highest BCUT2D eigenvalue weighted by Gasteiger charge is 2.35. The molecule has 15 heavy (non-hydrogen) atoms. The Hall–Kier alpha value is -1.04. The van der Waals surface area contributed by atoms with E-state index in [4.69, 9.17) is 0 Å². The molecule has 1 fully saturated rings. The van der Waals surface area contributed by atoms with Gasteiger partial charge in [-0.25, -0.2) is 0 Å². The number of nitrogens with one attached hydrogen (secondary N) is 1. The first kappa shape index (κ1) is 10.5. The third kappa shape index (κ3) is 2.95. The van der Waals surface area contributed by atoms with Gasteiger partial charge in [-0.1, -0.05) is 55.9 Å². The Balaban J connectivity index is 2.00. The Kier molecular flexibility index (Phi) is 2.68. The van der Waals surface area contributed by atoms with Crippen LogP contribution in [0, 0.1) is 11.5 Å². The quantitative estimate of drug-likeness (QED) is 0.434. The van der Waals surface area contributed by atoms with Crippen LogP contribution in [-0.4, -0.2) is 14.1 Å². The highest BCUT2D eigenvalue weighted by Crippen LogP contribution is 2.28. The first-order chi connectivity index (χ1) is 7.06. The van der Waals surface area contributed by atoms with E-state index < -0.39 is 8.07 Å².